The van der Waals surface area contributed by atoms with Gasteiger partial charge in [-0.25, -0.2) is 0 Å². The number of aryl methyl sites for hydroxylation is 1. The van der Waals surface area contributed by atoms with E-state index in [0.29, 0.717) is 5.41 Å². The lowest BCUT2D eigenvalue weighted by atomic mass is 9.71. The Morgan fingerprint density at radius 2 is 2.00 bits per heavy atom. The van der Waals surface area contributed by atoms with Crippen molar-refractivity contribution < 1.29 is 0 Å². The number of rotatable bonds is 0. The summed E-state index contributed by atoms with van der Waals surface area (Å²) in [6, 6.07) is 6.74. The minimum absolute atomic E-state index is 0.322. The Morgan fingerprint density at radius 3 is 2.71 bits per heavy atom. The van der Waals surface area contributed by atoms with Gasteiger partial charge in [0, 0.05) is 0 Å². The smallest absolute Gasteiger partial charge is 0.00943 e. The van der Waals surface area contributed by atoms with Crippen LogP contribution in [0.1, 0.15) is 43.4 Å². The largest absolute Gasteiger partial charge is 0.0952 e. The molecule has 0 aliphatic heterocycles. The molecule has 0 heterocycles. The maximum atomic E-state index is 4.15. The van der Waals surface area contributed by atoms with Gasteiger partial charge in [0.2, 0.25) is 0 Å². The van der Waals surface area contributed by atoms with E-state index >= 15 is 0 Å². The van der Waals surface area contributed by atoms with Crippen molar-refractivity contribution in [3.05, 3.63) is 41.5 Å². The summed E-state index contributed by atoms with van der Waals surface area (Å²) in [7, 11) is 0. The van der Waals surface area contributed by atoms with Crippen molar-refractivity contribution in [1.29, 1.82) is 0 Å². The summed E-state index contributed by atoms with van der Waals surface area (Å²) in [5.41, 5.74) is 5.84. The zero-order valence-corrected chi connectivity index (χ0v) is 9.35. The summed E-state index contributed by atoms with van der Waals surface area (Å²) >= 11 is 0. The van der Waals surface area contributed by atoms with Crippen molar-refractivity contribution >= 4 is 5.57 Å². The summed E-state index contributed by atoms with van der Waals surface area (Å²) in [6.45, 7) is 11.0. The van der Waals surface area contributed by atoms with Gasteiger partial charge in [-0.15, -0.1) is 0 Å². The molecule has 0 nitrogen and oxygen atoms in total. The third-order valence-electron chi connectivity index (χ3n) is 3.34. The van der Waals surface area contributed by atoms with Crippen LogP contribution in [0.2, 0.25) is 0 Å². The van der Waals surface area contributed by atoms with Crippen molar-refractivity contribution in [2.24, 2.45) is 0 Å². The third kappa shape index (κ3) is 1.39. The molecule has 0 radical (unpaired) electrons. The monoisotopic (exact) mass is 186 g/mol. The molecule has 1 aliphatic rings. The summed E-state index contributed by atoms with van der Waals surface area (Å²) < 4.78 is 0. The van der Waals surface area contributed by atoms with Crippen LogP contribution in [0, 0.1) is 6.92 Å². The van der Waals surface area contributed by atoms with Crippen molar-refractivity contribution in [3.8, 4) is 0 Å². The predicted molar refractivity (Wildman–Crippen MR) is 62.5 cm³/mol. The molecular weight excluding hydrogens is 168 g/mol. The maximum absolute atomic E-state index is 4.15. The molecule has 1 aliphatic carbocycles. The maximum Gasteiger partial charge on any atom is -0.00943 e. The molecule has 0 saturated heterocycles. The summed E-state index contributed by atoms with van der Waals surface area (Å²) in [4.78, 5) is 0. The van der Waals surface area contributed by atoms with Gasteiger partial charge >= 0.3 is 0 Å². The number of hydrogen-bond donors (Lipinski definition) is 0. The topological polar surface area (TPSA) is 0 Å². The molecule has 1 aromatic carbocycles. The van der Waals surface area contributed by atoms with Crippen molar-refractivity contribution in [1.82, 2.24) is 0 Å². The Morgan fingerprint density at radius 1 is 1.29 bits per heavy atom. The zero-order valence-electron chi connectivity index (χ0n) is 9.35. The second kappa shape index (κ2) is 2.98. The van der Waals surface area contributed by atoms with E-state index in [-0.39, 0.29) is 0 Å². The van der Waals surface area contributed by atoms with Crippen molar-refractivity contribution in [2.75, 3.05) is 0 Å². The van der Waals surface area contributed by atoms with E-state index < -0.39 is 0 Å². The van der Waals surface area contributed by atoms with Gasteiger partial charge in [-0.3, -0.25) is 0 Å². The number of benzene rings is 1. The lowest BCUT2D eigenvalue weighted by molar-refractivity contribution is 0.474. The highest BCUT2D eigenvalue weighted by Crippen LogP contribution is 2.41. The van der Waals surface area contributed by atoms with Gasteiger partial charge in [-0.1, -0.05) is 44.2 Å². The van der Waals surface area contributed by atoms with E-state index in [2.05, 4.69) is 45.5 Å². The van der Waals surface area contributed by atoms with Crippen LogP contribution in [-0.2, 0) is 5.41 Å². The van der Waals surface area contributed by atoms with Gasteiger partial charge in [-0.2, -0.15) is 0 Å². The molecule has 74 valence electrons. The fraction of sp³-hybridized carbons (Fsp3) is 0.429. The highest BCUT2D eigenvalue weighted by atomic mass is 14.3. The van der Waals surface area contributed by atoms with E-state index in [0.717, 1.165) is 6.42 Å². The molecule has 0 aromatic heterocycles. The number of hydrogen-bond acceptors (Lipinski definition) is 0. The fourth-order valence-corrected chi connectivity index (χ4v) is 2.26. The minimum atomic E-state index is 0.322. The van der Waals surface area contributed by atoms with E-state index in [4.69, 9.17) is 0 Å². The second-order valence-corrected chi connectivity index (χ2v) is 5.04. The first-order chi connectivity index (χ1) is 6.50. The average Bonchev–Trinajstić information content (AvgIpc) is 2.12. The standard InChI is InChI=1S/C14H18/c1-10-5-6-12-11(2)7-8-14(3,4)13(12)9-10/h5-6,9H,2,7-8H2,1,3-4H3. The first kappa shape index (κ1) is 9.51. The second-order valence-electron chi connectivity index (χ2n) is 5.04. The van der Waals surface area contributed by atoms with Crippen molar-refractivity contribution in [2.45, 2.75) is 39.0 Å². The molecule has 0 amide bonds. The Hall–Kier alpha value is -1.04. The van der Waals surface area contributed by atoms with Gasteiger partial charge in [-0.05, 0) is 41.9 Å². The highest BCUT2D eigenvalue weighted by Gasteiger charge is 2.28. The number of fused-ring (bicyclic) bond motifs is 1. The Bertz CT molecular complexity index is 383. The first-order valence-electron chi connectivity index (χ1n) is 5.30. The van der Waals surface area contributed by atoms with E-state index in [1.807, 2.05) is 0 Å². The molecule has 0 N–H and O–H groups in total. The molecule has 0 heteroatoms. The molecule has 0 bridgehead atoms. The quantitative estimate of drug-likeness (QED) is 0.572. The molecule has 2 rings (SSSR count). The molecule has 0 fully saturated rings. The van der Waals surface area contributed by atoms with Crippen molar-refractivity contribution in [3.63, 3.8) is 0 Å². The van der Waals surface area contributed by atoms with Crippen LogP contribution in [0.15, 0.2) is 24.8 Å². The molecular formula is C14H18. The minimum Gasteiger partial charge on any atom is -0.0952 e. The lowest BCUT2D eigenvalue weighted by Gasteiger charge is -2.34. The SMILES string of the molecule is C=C1CCC(C)(C)c2cc(C)ccc21. The van der Waals surface area contributed by atoms with Crippen LogP contribution < -0.4 is 0 Å². The summed E-state index contributed by atoms with van der Waals surface area (Å²) in [5, 5.41) is 0. The molecule has 14 heavy (non-hydrogen) atoms. The van der Waals surface area contributed by atoms with Gasteiger partial charge in [0.25, 0.3) is 0 Å². The van der Waals surface area contributed by atoms with Gasteiger partial charge in [0.1, 0.15) is 0 Å². The Kier molecular flexibility index (Phi) is 2.02. The van der Waals surface area contributed by atoms with Gasteiger partial charge in [0.05, 0.1) is 0 Å². The molecule has 1 aromatic rings. The van der Waals surface area contributed by atoms with E-state index in [1.54, 1.807) is 0 Å². The normalized spacial score (nSPS) is 19.2. The highest BCUT2D eigenvalue weighted by molar-refractivity contribution is 5.70. The van der Waals surface area contributed by atoms with Crippen LogP contribution in [0.5, 0.6) is 0 Å². The van der Waals surface area contributed by atoms with Crippen LogP contribution in [0.4, 0.5) is 0 Å². The van der Waals surface area contributed by atoms with Gasteiger partial charge < -0.3 is 0 Å². The van der Waals surface area contributed by atoms with Gasteiger partial charge in [0.15, 0.2) is 0 Å². The molecule has 0 spiro atoms. The van der Waals surface area contributed by atoms with Crippen LogP contribution in [0.25, 0.3) is 5.57 Å². The predicted octanol–water partition coefficient (Wildman–Crippen LogP) is 4.08. The lowest BCUT2D eigenvalue weighted by Crippen LogP contribution is -2.23. The molecule has 0 saturated carbocycles. The first-order valence-corrected chi connectivity index (χ1v) is 5.30. The average molecular weight is 186 g/mol. The van der Waals surface area contributed by atoms with E-state index in [1.165, 1.54) is 28.7 Å². The van der Waals surface area contributed by atoms with E-state index in [9.17, 15) is 0 Å². The summed E-state index contributed by atoms with van der Waals surface area (Å²) in [6.07, 6.45) is 2.37. The molecule has 0 atom stereocenters. The third-order valence-corrected chi connectivity index (χ3v) is 3.34. The zero-order chi connectivity index (χ0) is 10.3. The fourth-order valence-electron chi connectivity index (χ4n) is 2.26. The van der Waals surface area contributed by atoms with Crippen LogP contribution >= 0.6 is 0 Å². The summed E-state index contributed by atoms with van der Waals surface area (Å²) in [5.74, 6) is 0. The van der Waals surface area contributed by atoms with Crippen LogP contribution in [-0.4, -0.2) is 0 Å². The molecule has 0 unspecified atom stereocenters. The van der Waals surface area contributed by atoms with Crippen LogP contribution in [0.3, 0.4) is 0 Å². The number of allylic oxidation sites excluding steroid dienone is 1. The Labute approximate surface area is 86.7 Å². The Balaban J connectivity index is 2.64.